The average molecular weight is 478 g/mol. The molecule has 184 valence electrons. The van der Waals surface area contributed by atoms with Crippen molar-refractivity contribution in [3.05, 3.63) is 59.2 Å². The van der Waals surface area contributed by atoms with Crippen LogP contribution in [0.5, 0.6) is 5.75 Å². The van der Waals surface area contributed by atoms with Gasteiger partial charge in [0, 0.05) is 45.5 Å². The number of ketones is 1. The normalized spacial score (nSPS) is 23.4. The van der Waals surface area contributed by atoms with E-state index in [-0.39, 0.29) is 17.4 Å². The lowest BCUT2D eigenvalue weighted by Gasteiger charge is -2.29. The Labute approximate surface area is 205 Å². The van der Waals surface area contributed by atoms with E-state index in [9.17, 15) is 14.7 Å². The zero-order valence-electron chi connectivity index (χ0n) is 20.4. The van der Waals surface area contributed by atoms with Crippen molar-refractivity contribution in [3.8, 4) is 5.75 Å². The van der Waals surface area contributed by atoms with Gasteiger partial charge in [0.25, 0.3) is 11.7 Å². The van der Waals surface area contributed by atoms with Crippen LogP contribution in [0.1, 0.15) is 30.0 Å². The third-order valence-corrected chi connectivity index (χ3v) is 7.02. The first-order valence-electron chi connectivity index (χ1n) is 12.0. The molecule has 8 nitrogen and oxygen atoms in total. The molecule has 1 N–H and O–H groups in total. The molecule has 35 heavy (non-hydrogen) atoms. The van der Waals surface area contributed by atoms with Crippen LogP contribution < -0.4 is 14.5 Å². The van der Waals surface area contributed by atoms with Crippen molar-refractivity contribution >= 4 is 28.8 Å². The lowest BCUT2D eigenvalue weighted by molar-refractivity contribution is -0.140. The summed E-state index contributed by atoms with van der Waals surface area (Å²) in [7, 11) is 5.86. The van der Waals surface area contributed by atoms with Gasteiger partial charge < -0.3 is 29.3 Å². The van der Waals surface area contributed by atoms with Crippen molar-refractivity contribution in [1.29, 1.82) is 0 Å². The maximum Gasteiger partial charge on any atom is 0.295 e. The number of hydrogen-bond donors (Lipinski definition) is 1. The zero-order chi connectivity index (χ0) is 24.7. The molecular formula is C27H31N3O5. The Morgan fingerprint density at radius 1 is 1.11 bits per heavy atom. The molecule has 2 aromatic carbocycles. The summed E-state index contributed by atoms with van der Waals surface area (Å²) < 4.78 is 11.5. The van der Waals surface area contributed by atoms with Crippen LogP contribution in [0, 0.1) is 0 Å². The van der Waals surface area contributed by atoms with Gasteiger partial charge in [0.05, 0.1) is 30.0 Å². The van der Waals surface area contributed by atoms with E-state index >= 15 is 0 Å². The van der Waals surface area contributed by atoms with Crippen LogP contribution in [0.4, 0.5) is 11.4 Å². The van der Waals surface area contributed by atoms with E-state index in [1.807, 2.05) is 61.3 Å². The summed E-state index contributed by atoms with van der Waals surface area (Å²) in [6.07, 6.45) is 1.65. The highest BCUT2D eigenvalue weighted by atomic mass is 16.5. The number of Topliss-reactive ketones (excluding diaryl/α,β-unsaturated/α-hetero) is 1. The zero-order valence-corrected chi connectivity index (χ0v) is 20.4. The van der Waals surface area contributed by atoms with Gasteiger partial charge in [-0.1, -0.05) is 12.1 Å². The maximum atomic E-state index is 13.3. The van der Waals surface area contributed by atoms with Gasteiger partial charge in [-0.25, -0.2) is 0 Å². The number of rotatable bonds is 5. The van der Waals surface area contributed by atoms with Crippen molar-refractivity contribution in [2.75, 3.05) is 57.2 Å². The molecular weight excluding hydrogens is 446 g/mol. The number of carbonyl (C=O) groups excluding carboxylic acids is 2. The lowest BCUT2D eigenvalue weighted by atomic mass is 9.94. The van der Waals surface area contributed by atoms with Crippen LogP contribution in [0.15, 0.2) is 48.0 Å². The maximum absolute atomic E-state index is 13.3. The fourth-order valence-electron chi connectivity index (χ4n) is 5.03. The number of hydrogen-bond acceptors (Lipinski definition) is 7. The van der Waals surface area contributed by atoms with Gasteiger partial charge >= 0.3 is 0 Å². The molecule has 2 saturated heterocycles. The van der Waals surface area contributed by atoms with Crippen LogP contribution in [-0.2, 0) is 14.3 Å². The second-order valence-electron chi connectivity index (χ2n) is 9.52. The van der Waals surface area contributed by atoms with Crippen LogP contribution in [-0.4, -0.2) is 75.2 Å². The first-order valence-corrected chi connectivity index (χ1v) is 12.0. The Hall–Kier alpha value is -3.52. The molecule has 0 saturated carbocycles. The van der Waals surface area contributed by atoms with Crippen LogP contribution in [0.3, 0.4) is 0 Å². The highest BCUT2D eigenvalue weighted by molar-refractivity contribution is 6.46. The standard InChI is InChI=1S/C27H31N3O5/c1-28(2)19-9-6-17(7-10-19)24-23(26(32)27(33)30(24)16-20-5-4-13-34-20)25(31)18-8-11-22-21(15-18)29(3)12-14-35-22/h6-11,15,20,24,31H,4-5,12-14,16H2,1-3H3/b25-23-. The molecule has 0 aliphatic carbocycles. The lowest BCUT2D eigenvalue weighted by Crippen LogP contribution is -2.36. The number of carbonyl (C=O) groups is 2. The van der Waals surface area contributed by atoms with E-state index < -0.39 is 17.7 Å². The van der Waals surface area contributed by atoms with Gasteiger partial charge in [-0.2, -0.15) is 0 Å². The fourth-order valence-corrected chi connectivity index (χ4v) is 5.03. The van der Waals surface area contributed by atoms with Crippen molar-refractivity contribution < 1.29 is 24.2 Å². The molecule has 0 spiro atoms. The van der Waals surface area contributed by atoms with Crippen molar-refractivity contribution in [3.63, 3.8) is 0 Å². The first-order chi connectivity index (χ1) is 16.8. The van der Waals surface area contributed by atoms with Gasteiger partial charge in [0.15, 0.2) is 0 Å². The third kappa shape index (κ3) is 4.23. The second kappa shape index (κ2) is 9.26. The summed E-state index contributed by atoms with van der Waals surface area (Å²) in [4.78, 5) is 32.1. The van der Waals surface area contributed by atoms with Crippen molar-refractivity contribution in [2.24, 2.45) is 0 Å². The minimum Gasteiger partial charge on any atom is -0.507 e. The van der Waals surface area contributed by atoms with Crippen molar-refractivity contribution in [1.82, 2.24) is 4.90 Å². The molecule has 2 atom stereocenters. The number of ether oxygens (including phenoxy) is 2. The van der Waals surface area contributed by atoms with E-state index in [1.54, 1.807) is 17.0 Å². The summed E-state index contributed by atoms with van der Waals surface area (Å²) >= 11 is 0. The molecule has 2 unspecified atom stereocenters. The Morgan fingerprint density at radius 2 is 1.89 bits per heavy atom. The molecule has 0 aromatic heterocycles. The van der Waals surface area contributed by atoms with Crippen LogP contribution >= 0.6 is 0 Å². The minimum absolute atomic E-state index is 0.102. The molecule has 2 fully saturated rings. The molecule has 1 amide bonds. The Bertz CT molecular complexity index is 1170. The molecule has 0 bridgehead atoms. The average Bonchev–Trinajstić information content (AvgIpc) is 3.46. The van der Waals surface area contributed by atoms with E-state index in [2.05, 4.69) is 0 Å². The molecule has 3 aliphatic rings. The van der Waals surface area contributed by atoms with E-state index in [1.165, 1.54) is 0 Å². The predicted octanol–water partition coefficient (Wildman–Crippen LogP) is 3.18. The highest BCUT2D eigenvalue weighted by Gasteiger charge is 2.47. The van der Waals surface area contributed by atoms with Gasteiger partial charge in [0.2, 0.25) is 0 Å². The largest absolute Gasteiger partial charge is 0.507 e. The smallest absolute Gasteiger partial charge is 0.295 e. The molecule has 2 aromatic rings. The van der Waals surface area contributed by atoms with Crippen LogP contribution in [0.2, 0.25) is 0 Å². The SMILES string of the molecule is CN(C)c1ccc(C2/C(=C(/O)c3ccc4c(c3)N(C)CCO4)C(=O)C(=O)N2CC2CCCO2)cc1. The van der Waals surface area contributed by atoms with Gasteiger partial charge in [-0.3, -0.25) is 9.59 Å². The van der Waals surface area contributed by atoms with Crippen LogP contribution in [0.25, 0.3) is 5.76 Å². The quantitative estimate of drug-likeness (QED) is 0.402. The molecule has 3 aliphatic heterocycles. The molecule has 0 radical (unpaired) electrons. The summed E-state index contributed by atoms with van der Waals surface area (Å²) in [6, 6.07) is 12.4. The first kappa shape index (κ1) is 23.2. The number of anilines is 2. The second-order valence-corrected chi connectivity index (χ2v) is 9.52. The summed E-state index contributed by atoms with van der Waals surface area (Å²) in [5.74, 6) is -0.738. The fraction of sp³-hybridized carbons (Fsp3) is 0.407. The number of benzene rings is 2. The number of amides is 1. The van der Waals surface area contributed by atoms with Gasteiger partial charge in [-0.15, -0.1) is 0 Å². The summed E-state index contributed by atoms with van der Waals surface area (Å²) in [6.45, 7) is 2.27. The number of fused-ring (bicyclic) bond motifs is 1. The third-order valence-electron chi connectivity index (χ3n) is 7.02. The monoisotopic (exact) mass is 477 g/mol. The number of aliphatic hydroxyl groups excluding tert-OH is 1. The highest BCUT2D eigenvalue weighted by Crippen LogP contribution is 2.42. The molecule has 8 heteroatoms. The number of nitrogens with zero attached hydrogens (tertiary/aromatic N) is 3. The molecule has 3 heterocycles. The van der Waals surface area contributed by atoms with E-state index in [0.29, 0.717) is 25.3 Å². The number of aliphatic hydroxyl groups is 1. The Balaban J connectivity index is 1.60. The predicted molar refractivity (Wildman–Crippen MR) is 134 cm³/mol. The Kier molecular flexibility index (Phi) is 6.15. The van der Waals surface area contributed by atoms with E-state index in [4.69, 9.17) is 9.47 Å². The van der Waals surface area contributed by atoms with E-state index in [0.717, 1.165) is 42.1 Å². The number of likely N-dealkylation sites (N-methyl/N-ethyl adjacent to an activating group) is 1. The minimum atomic E-state index is -0.694. The number of likely N-dealkylation sites (tertiary alicyclic amines) is 1. The molecule has 5 rings (SSSR count). The Morgan fingerprint density at radius 3 is 2.57 bits per heavy atom. The summed E-state index contributed by atoms with van der Waals surface area (Å²) in [5.41, 5.74) is 3.19. The van der Waals surface area contributed by atoms with Gasteiger partial charge in [-0.05, 0) is 48.7 Å². The van der Waals surface area contributed by atoms with Crippen molar-refractivity contribution in [2.45, 2.75) is 25.0 Å². The summed E-state index contributed by atoms with van der Waals surface area (Å²) in [5, 5.41) is 11.4. The van der Waals surface area contributed by atoms with Gasteiger partial charge in [0.1, 0.15) is 18.1 Å². The topological polar surface area (TPSA) is 82.5 Å².